The molecule has 0 radical (unpaired) electrons. The Morgan fingerprint density at radius 1 is 1.06 bits per heavy atom. The molecule has 7 heteroatoms. The van der Waals surface area contributed by atoms with Crippen molar-refractivity contribution in [1.29, 1.82) is 0 Å². The van der Waals surface area contributed by atoms with Gasteiger partial charge in [0.2, 0.25) is 5.91 Å². The van der Waals surface area contributed by atoms with Crippen molar-refractivity contribution in [3.8, 4) is 17.2 Å². The zero-order valence-electron chi connectivity index (χ0n) is 28.0. The summed E-state index contributed by atoms with van der Waals surface area (Å²) in [6, 6.07) is 22.7. The van der Waals surface area contributed by atoms with Crippen LogP contribution in [0.5, 0.6) is 17.2 Å². The molecule has 3 aromatic carbocycles. The summed E-state index contributed by atoms with van der Waals surface area (Å²) in [7, 11) is 1.65. The highest BCUT2D eigenvalue weighted by molar-refractivity contribution is 5.92. The number of methoxy groups -OCH3 is 1. The molecule has 7 nitrogen and oxygen atoms in total. The molecule has 1 amide bonds. The number of amides is 1. The summed E-state index contributed by atoms with van der Waals surface area (Å²) in [5, 5.41) is 0. The van der Waals surface area contributed by atoms with Gasteiger partial charge in [-0.25, -0.2) is 0 Å². The molecule has 7 rings (SSSR count). The molecule has 1 spiro atoms. The lowest BCUT2D eigenvalue weighted by Crippen LogP contribution is -2.69. The molecule has 0 aromatic heterocycles. The molecule has 2 aliphatic carbocycles. The second-order valence-corrected chi connectivity index (χ2v) is 14.1. The third-order valence-corrected chi connectivity index (χ3v) is 10.9. The highest BCUT2D eigenvalue weighted by atomic mass is 16.5. The summed E-state index contributed by atoms with van der Waals surface area (Å²) in [4.78, 5) is 31.2. The van der Waals surface area contributed by atoms with Crippen LogP contribution in [0.25, 0.3) is 6.08 Å². The SMILES string of the molecule is COc1cc(OC(C)=O)c2c3c1O[C@H]1[C@@H](N(CC(C)C)C(=O)C=Cc4ccccc4)CC[C@H]4[C@@H](C2)N(CCc2ccccc2)CC[C@@]341. The summed E-state index contributed by atoms with van der Waals surface area (Å²) in [5.41, 5.74) is 4.26. The van der Waals surface area contributed by atoms with Gasteiger partial charge < -0.3 is 19.1 Å². The van der Waals surface area contributed by atoms with Crippen molar-refractivity contribution < 1.29 is 23.8 Å². The van der Waals surface area contributed by atoms with Gasteiger partial charge in [0, 0.05) is 54.7 Å². The first kappa shape index (κ1) is 31.5. The molecule has 0 unspecified atom stereocenters. The van der Waals surface area contributed by atoms with Crippen molar-refractivity contribution in [1.82, 2.24) is 9.80 Å². The van der Waals surface area contributed by atoms with Gasteiger partial charge >= 0.3 is 5.97 Å². The molecular formula is C40H46N2O5. The van der Waals surface area contributed by atoms with Crippen molar-refractivity contribution in [2.75, 3.05) is 26.7 Å². The Labute approximate surface area is 278 Å². The Kier molecular flexibility index (Phi) is 8.60. The standard InChI is InChI=1S/C40H46N2O5/c1-26(2)25-42(36(44)18-15-28-11-7-5-8-12-28)32-17-16-31-33-23-30-34(46-27(3)43)24-35(45-4)38-37(30)40(31,39(32)47-38)20-22-41(33)21-19-29-13-9-6-10-14-29/h5-15,18,24,26,31-33,39H,16-17,19-23,25H2,1-4H3/t31-,32-,33+,39-,40-/m0/s1. The van der Waals surface area contributed by atoms with E-state index in [2.05, 4.69) is 54.0 Å². The van der Waals surface area contributed by atoms with Crippen LogP contribution < -0.4 is 14.2 Å². The van der Waals surface area contributed by atoms with Crippen LogP contribution in [-0.2, 0) is 27.8 Å². The third-order valence-electron chi connectivity index (χ3n) is 10.9. The maximum Gasteiger partial charge on any atom is 0.308 e. The maximum absolute atomic E-state index is 14.1. The third kappa shape index (κ3) is 5.62. The number of ether oxygens (including phenoxy) is 3. The normalized spacial score (nSPS) is 25.7. The fourth-order valence-corrected chi connectivity index (χ4v) is 9.16. The predicted molar refractivity (Wildman–Crippen MR) is 183 cm³/mol. The number of esters is 1. The van der Waals surface area contributed by atoms with Gasteiger partial charge in [-0.2, -0.15) is 0 Å². The smallest absolute Gasteiger partial charge is 0.308 e. The Balaban J connectivity index is 1.29. The van der Waals surface area contributed by atoms with Gasteiger partial charge in [0.25, 0.3) is 0 Å². The average Bonchev–Trinajstić information content (AvgIpc) is 3.41. The van der Waals surface area contributed by atoms with E-state index in [-0.39, 0.29) is 35.5 Å². The van der Waals surface area contributed by atoms with Crippen LogP contribution in [-0.4, -0.2) is 66.6 Å². The van der Waals surface area contributed by atoms with Crippen LogP contribution >= 0.6 is 0 Å². The first-order valence-electron chi connectivity index (χ1n) is 17.2. The number of nitrogens with zero attached hydrogens (tertiary/aromatic N) is 2. The lowest BCUT2D eigenvalue weighted by Gasteiger charge is -2.60. The van der Waals surface area contributed by atoms with Gasteiger partial charge in [-0.1, -0.05) is 74.5 Å². The molecule has 5 atom stereocenters. The van der Waals surface area contributed by atoms with Gasteiger partial charge in [-0.3, -0.25) is 14.5 Å². The van der Waals surface area contributed by atoms with E-state index >= 15 is 0 Å². The van der Waals surface area contributed by atoms with E-state index < -0.39 is 0 Å². The molecule has 0 N–H and O–H groups in total. The fourth-order valence-electron chi connectivity index (χ4n) is 9.16. The second-order valence-electron chi connectivity index (χ2n) is 14.1. The van der Waals surface area contributed by atoms with E-state index in [1.807, 2.05) is 42.5 Å². The fraction of sp³-hybridized carbons (Fsp3) is 0.450. The van der Waals surface area contributed by atoms with E-state index in [1.165, 1.54) is 12.5 Å². The molecule has 246 valence electrons. The van der Waals surface area contributed by atoms with E-state index in [0.29, 0.717) is 29.9 Å². The van der Waals surface area contributed by atoms with E-state index in [4.69, 9.17) is 14.2 Å². The lowest BCUT2D eigenvalue weighted by atomic mass is 9.50. The summed E-state index contributed by atoms with van der Waals surface area (Å²) >= 11 is 0. The molecule has 47 heavy (non-hydrogen) atoms. The first-order valence-corrected chi connectivity index (χ1v) is 17.2. The van der Waals surface area contributed by atoms with Crippen molar-refractivity contribution in [2.24, 2.45) is 11.8 Å². The van der Waals surface area contributed by atoms with E-state index in [9.17, 15) is 9.59 Å². The molecule has 1 saturated heterocycles. The molecule has 2 fully saturated rings. The van der Waals surface area contributed by atoms with Crippen LogP contribution in [0.3, 0.4) is 0 Å². The van der Waals surface area contributed by atoms with Gasteiger partial charge in [0.05, 0.1) is 13.2 Å². The molecule has 2 heterocycles. The van der Waals surface area contributed by atoms with Gasteiger partial charge in [0.1, 0.15) is 11.9 Å². The Morgan fingerprint density at radius 2 is 1.81 bits per heavy atom. The Hall–Kier alpha value is -4.10. The first-order chi connectivity index (χ1) is 22.8. The number of carbonyl (C=O) groups is 2. The number of carbonyl (C=O) groups excluding carboxylic acids is 2. The maximum atomic E-state index is 14.1. The van der Waals surface area contributed by atoms with E-state index in [0.717, 1.165) is 67.6 Å². The number of hydrogen-bond acceptors (Lipinski definition) is 6. The molecule has 3 aromatic rings. The summed E-state index contributed by atoms with van der Waals surface area (Å²) in [6.45, 7) is 8.37. The number of rotatable bonds is 10. The molecule has 4 aliphatic rings. The second kappa shape index (κ2) is 12.8. The number of likely N-dealkylation sites (tertiary alicyclic amines) is 1. The quantitative estimate of drug-likeness (QED) is 0.145. The van der Waals surface area contributed by atoms with Gasteiger partial charge in [-0.05, 0) is 67.7 Å². The highest BCUT2D eigenvalue weighted by Gasteiger charge is 2.67. The van der Waals surface area contributed by atoms with Crippen molar-refractivity contribution in [3.63, 3.8) is 0 Å². The van der Waals surface area contributed by atoms with Gasteiger partial charge in [0.15, 0.2) is 11.5 Å². The van der Waals surface area contributed by atoms with Crippen LogP contribution in [0.4, 0.5) is 0 Å². The van der Waals surface area contributed by atoms with E-state index in [1.54, 1.807) is 13.2 Å². The van der Waals surface area contributed by atoms with Crippen LogP contribution in [0, 0.1) is 11.8 Å². The predicted octanol–water partition coefficient (Wildman–Crippen LogP) is 6.47. The minimum absolute atomic E-state index is 0.0161. The van der Waals surface area contributed by atoms with Crippen LogP contribution in [0.15, 0.2) is 72.8 Å². The van der Waals surface area contributed by atoms with Crippen LogP contribution in [0.1, 0.15) is 62.3 Å². The molecule has 2 bridgehead atoms. The lowest BCUT2D eigenvalue weighted by molar-refractivity contribution is -0.138. The minimum atomic E-state index is -0.343. The summed E-state index contributed by atoms with van der Waals surface area (Å²) in [5.74, 6) is 2.27. The zero-order chi connectivity index (χ0) is 32.7. The highest BCUT2D eigenvalue weighted by Crippen LogP contribution is 2.65. The molecular weight excluding hydrogens is 588 g/mol. The molecule has 2 aliphatic heterocycles. The number of hydrogen-bond donors (Lipinski definition) is 0. The van der Waals surface area contributed by atoms with Crippen molar-refractivity contribution in [2.45, 2.75) is 76.5 Å². The van der Waals surface area contributed by atoms with Crippen molar-refractivity contribution >= 4 is 18.0 Å². The number of piperidine rings is 1. The van der Waals surface area contributed by atoms with Crippen molar-refractivity contribution in [3.05, 3.63) is 95.1 Å². The minimum Gasteiger partial charge on any atom is -0.493 e. The topological polar surface area (TPSA) is 68.3 Å². The monoisotopic (exact) mass is 634 g/mol. The Morgan fingerprint density at radius 3 is 2.51 bits per heavy atom. The average molecular weight is 635 g/mol. The zero-order valence-corrected chi connectivity index (χ0v) is 28.0. The summed E-state index contributed by atoms with van der Waals surface area (Å²) < 4.78 is 18.9. The summed E-state index contributed by atoms with van der Waals surface area (Å²) in [6.07, 6.45) is 8.00. The van der Waals surface area contributed by atoms with Crippen LogP contribution in [0.2, 0.25) is 0 Å². The number of benzene rings is 3. The van der Waals surface area contributed by atoms with Gasteiger partial charge in [-0.15, -0.1) is 0 Å². The molecule has 1 saturated carbocycles. The largest absolute Gasteiger partial charge is 0.493 e. The Bertz CT molecular complexity index is 1650.